The maximum absolute atomic E-state index is 11.1. The van der Waals surface area contributed by atoms with Crippen molar-refractivity contribution in [3.8, 4) is 0 Å². The van der Waals surface area contributed by atoms with E-state index in [0.29, 0.717) is 5.92 Å². The van der Waals surface area contributed by atoms with E-state index in [0.717, 1.165) is 19.3 Å². The van der Waals surface area contributed by atoms with Crippen molar-refractivity contribution in [2.24, 2.45) is 5.92 Å². The fourth-order valence-electron chi connectivity index (χ4n) is 3.26. The van der Waals surface area contributed by atoms with Crippen molar-refractivity contribution in [1.82, 2.24) is 0 Å². The Labute approximate surface area is 120 Å². The maximum Gasteiger partial charge on any atom is 0.404 e. The number of ether oxygens (including phenoxy) is 1. The molecule has 1 fully saturated rings. The molecule has 1 unspecified atom stereocenters. The molecule has 2 rings (SSSR count). The number of halogens is 1. The van der Waals surface area contributed by atoms with Gasteiger partial charge in [-0.15, -0.1) is 0 Å². The van der Waals surface area contributed by atoms with Crippen molar-refractivity contribution in [2.45, 2.75) is 51.0 Å². The van der Waals surface area contributed by atoms with Gasteiger partial charge in [0, 0.05) is 17.5 Å². The molecular formula is C16H21ClO2. The van der Waals surface area contributed by atoms with Crippen molar-refractivity contribution in [3.63, 3.8) is 0 Å². The lowest BCUT2D eigenvalue weighted by Gasteiger charge is -2.42. The largest absolute Gasteiger partial charge is 0.450 e. The quantitative estimate of drug-likeness (QED) is 0.736. The second kappa shape index (κ2) is 5.96. The van der Waals surface area contributed by atoms with Crippen LogP contribution in [0, 0.1) is 5.92 Å². The van der Waals surface area contributed by atoms with Crippen molar-refractivity contribution < 1.29 is 9.53 Å². The molecular weight excluding hydrogens is 260 g/mol. The van der Waals surface area contributed by atoms with E-state index in [1.807, 2.05) is 6.07 Å². The molecule has 19 heavy (non-hydrogen) atoms. The normalized spacial score (nSPS) is 23.9. The first-order valence-electron chi connectivity index (χ1n) is 6.93. The Hall–Kier alpha value is -1.02. The first-order valence-corrected chi connectivity index (χ1v) is 7.31. The predicted molar refractivity (Wildman–Crippen MR) is 77.5 cm³/mol. The van der Waals surface area contributed by atoms with Crippen molar-refractivity contribution in [2.75, 3.05) is 0 Å². The number of hydrogen-bond donors (Lipinski definition) is 0. The van der Waals surface area contributed by atoms with E-state index in [4.69, 9.17) is 16.3 Å². The van der Waals surface area contributed by atoms with E-state index >= 15 is 0 Å². The molecule has 2 nitrogen and oxygen atoms in total. The smallest absolute Gasteiger partial charge is 0.404 e. The summed E-state index contributed by atoms with van der Waals surface area (Å²) in [5.41, 5.74) is 0.594. The number of carbonyl (C=O) groups excluding carboxylic acids is 1. The Morgan fingerprint density at radius 3 is 2.47 bits per heavy atom. The predicted octanol–water partition coefficient (Wildman–Crippen LogP) is 4.90. The fraction of sp³-hybridized carbons (Fsp3) is 0.562. The third kappa shape index (κ3) is 3.30. The van der Waals surface area contributed by atoms with Crippen molar-refractivity contribution in [3.05, 3.63) is 35.9 Å². The highest BCUT2D eigenvalue weighted by molar-refractivity contribution is 6.61. The van der Waals surface area contributed by atoms with Gasteiger partial charge >= 0.3 is 5.43 Å². The van der Waals surface area contributed by atoms with Gasteiger partial charge in [-0.05, 0) is 30.2 Å². The first kappa shape index (κ1) is 14.4. The lowest BCUT2D eigenvalue weighted by molar-refractivity contribution is 0.0227. The Morgan fingerprint density at radius 1 is 1.21 bits per heavy atom. The molecule has 1 aromatic rings. The minimum absolute atomic E-state index is 0.0152. The molecule has 0 saturated heterocycles. The van der Waals surface area contributed by atoms with E-state index in [1.165, 1.54) is 12.0 Å². The van der Waals surface area contributed by atoms with Gasteiger partial charge in [0.25, 0.3) is 0 Å². The van der Waals surface area contributed by atoms with Gasteiger partial charge in [-0.3, -0.25) is 0 Å². The molecule has 0 amide bonds. The zero-order valence-electron chi connectivity index (χ0n) is 11.6. The van der Waals surface area contributed by atoms with Gasteiger partial charge < -0.3 is 4.74 Å². The molecule has 0 heterocycles. The number of hydrogen-bond acceptors (Lipinski definition) is 2. The van der Waals surface area contributed by atoms with Crippen molar-refractivity contribution >= 4 is 17.0 Å². The van der Waals surface area contributed by atoms with Crippen LogP contribution in [0.25, 0.3) is 0 Å². The van der Waals surface area contributed by atoms with Gasteiger partial charge in [-0.25, -0.2) is 4.79 Å². The zero-order chi connectivity index (χ0) is 13.9. The van der Waals surface area contributed by atoms with Crippen LogP contribution >= 0.6 is 11.6 Å². The molecule has 0 aliphatic heterocycles. The van der Waals surface area contributed by atoms with E-state index in [2.05, 4.69) is 38.1 Å². The van der Waals surface area contributed by atoms with Crippen LogP contribution in [0.1, 0.15) is 45.1 Å². The summed E-state index contributed by atoms with van der Waals surface area (Å²) in [6.45, 7) is 4.46. The van der Waals surface area contributed by atoms with Crippen LogP contribution in [0.2, 0.25) is 0 Å². The zero-order valence-corrected chi connectivity index (χ0v) is 12.3. The highest BCUT2D eigenvalue weighted by Gasteiger charge is 2.40. The summed E-state index contributed by atoms with van der Waals surface area (Å²) < 4.78 is 5.34. The highest BCUT2D eigenvalue weighted by atomic mass is 35.5. The third-order valence-electron chi connectivity index (χ3n) is 4.39. The van der Waals surface area contributed by atoms with Crippen LogP contribution < -0.4 is 0 Å². The van der Waals surface area contributed by atoms with E-state index < -0.39 is 5.43 Å². The minimum Gasteiger partial charge on any atom is -0.450 e. The molecule has 1 aromatic carbocycles. The molecule has 0 bridgehead atoms. The second-order valence-corrected chi connectivity index (χ2v) is 6.18. The van der Waals surface area contributed by atoms with Gasteiger partial charge in [-0.2, -0.15) is 0 Å². The second-order valence-electron chi connectivity index (χ2n) is 5.87. The van der Waals surface area contributed by atoms with Gasteiger partial charge in [0.1, 0.15) is 6.10 Å². The summed E-state index contributed by atoms with van der Waals surface area (Å²) in [5, 5.41) is 0. The Bertz CT molecular complexity index is 428. The summed E-state index contributed by atoms with van der Waals surface area (Å²) in [6, 6.07) is 10.4. The topological polar surface area (TPSA) is 26.3 Å². The molecule has 3 heteroatoms. The lowest BCUT2D eigenvalue weighted by Crippen LogP contribution is -2.41. The maximum atomic E-state index is 11.1. The Kier molecular flexibility index (Phi) is 4.51. The molecule has 1 aliphatic rings. The molecule has 2 atom stereocenters. The van der Waals surface area contributed by atoms with Gasteiger partial charge in [-0.1, -0.05) is 50.6 Å². The third-order valence-corrected chi connectivity index (χ3v) is 4.48. The summed E-state index contributed by atoms with van der Waals surface area (Å²) in [6.07, 6.45) is 4.23. The molecule has 0 N–H and O–H groups in total. The van der Waals surface area contributed by atoms with Crippen LogP contribution in [0.15, 0.2) is 30.3 Å². The molecule has 0 aromatic heterocycles. The standard InChI is InChI=1S/C16H21ClO2/c1-16(2,12-8-4-3-5-9-12)13-10-6-7-11-14(13)19-15(17)18/h3-5,8-9,13-14H,6-7,10-11H2,1-2H3/t13-,14?/m0/s1. The fourth-order valence-corrected chi connectivity index (χ4v) is 3.38. The van der Waals surface area contributed by atoms with E-state index in [-0.39, 0.29) is 11.5 Å². The molecule has 0 radical (unpaired) electrons. The first-order chi connectivity index (χ1) is 9.01. The average molecular weight is 281 g/mol. The molecule has 0 spiro atoms. The van der Waals surface area contributed by atoms with Gasteiger partial charge in [0.05, 0.1) is 0 Å². The van der Waals surface area contributed by atoms with Crippen LogP contribution in [-0.4, -0.2) is 11.5 Å². The monoisotopic (exact) mass is 280 g/mol. The van der Waals surface area contributed by atoms with Crippen LogP contribution in [-0.2, 0) is 10.2 Å². The summed E-state index contributed by atoms with van der Waals surface area (Å²) in [7, 11) is 0. The summed E-state index contributed by atoms with van der Waals surface area (Å²) >= 11 is 5.41. The van der Waals surface area contributed by atoms with Crippen LogP contribution in [0.3, 0.4) is 0 Å². The van der Waals surface area contributed by atoms with Crippen molar-refractivity contribution in [1.29, 1.82) is 0 Å². The Morgan fingerprint density at radius 2 is 1.84 bits per heavy atom. The van der Waals surface area contributed by atoms with Crippen LogP contribution in [0.4, 0.5) is 4.79 Å². The van der Waals surface area contributed by atoms with E-state index in [9.17, 15) is 4.79 Å². The molecule has 104 valence electrons. The highest BCUT2D eigenvalue weighted by Crippen LogP contribution is 2.42. The van der Waals surface area contributed by atoms with Gasteiger partial charge in [0.15, 0.2) is 0 Å². The summed E-state index contributed by atoms with van der Waals surface area (Å²) in [4.78, 5) is 11.1. The Balaban J connectivity index is 2.23. The summed E-state index contributed by atoms with van der Waals surface area (Å²) in [5.74, 6) is 0.325. The number of benzene rings is 1. The SMILES string of the molecule is CC(C)(c1ccccc1)[C@H]1CCCCC1OC(=O)Cl. The average Bonchev–Trinajstić information content (AvgIpc) is 2.39. The number of rotatable bonds is 3. The molecule has 1 aliphatic carbocycles. The van der Waals surface area contributed by atoms with E-state index in [1.54, 1.807) is 0 Å². The van der Waals surface area contributed by atoms with Crippen LogP contribution in [0.5, 0.6) is 0 Å². The number of carbonyl (C=O) groups is 1. The minimum atomic E-state index is -0.680. The lowest BCUT2D eigenvalue weighted by atomic mass is 9.66. The van der Waals surface area contributed by atoms with Gasteiger partial charge in [0.2, 0.25) is 0 Å². The molecule has 1 saturated carbocycles.